The maximum Gasteiger partial charge on any atom is 0.301 e. The third-order valence-corrected chi connectivity index (χ3v) is 6.89. The number of benzene rings is 3. The van der Waals surface area contributed by atoms with Crippen LogP contribution in [0.5, 0.6) is 11.5 Å². The third-order valence-electron chi connectivity index (χ3n) is 5.87. The van der Waals surface area contributed by atoms with Crippen LogP contribution in [-0.4, -0.2) is 35.5 Å². The molecule has 182 valence electrons. The molecule has 1 fully saturated rings. The first-order valence-electron chi connectivity index (χ1n) is 11.2. The molecule has 0 saturated carbocycles. The Morgan fingerprint density at radius 3 is 2.50 bits per heavy atom. The highest BCUT2D eigenvalue weighted by Crippen LogP contribution is 2.45. The number of hydrogen-bond donors (Lipinski definition) is 1. The largest absolute Gasteiger partial charge is 0.507 e. The first kappa shape index (κ1) is 23.5. The summed E-state index contributed by atoms with van der Waals surface area (Å²) in [5, 5.41) is 11.4. The monoisotopic (exact) mass is 504 g/mol. The van der Waals surface area contributed by atoms with E-state index < -0.39 is 29.3 Å². The predicted octanol–water partition coefficient (Wildman–Crippen LogP) is 5.47. The minimum absolute atomic E-state index is 0.0704. The van der Waals surface area contributed by atoms with E-state index >= 15 is 4.39 Å². The lowest BCUT2D eigenvalue weighted by Crippen LogP contribution is -2.29. The quantitative estimate of drug-likeness (QED) is 0.213. The molecule has 7 nitrogen and oxygen atoms in total. The van der Waals surface area contributed by atoms with Crippen LogP contribution in [0.1, 0.15) is 24.1 Å². The number of aliphatic hydroxyl groups is 1. The molecule has 1 aliphatic heterocycles. The van der Waals surface area contributed by atoms with Gasteiger partial charge in [-0.05, 0) is 55.5 Å². The van der Waals surface area contributed by atoms with Crippen molar-refractivity contribution in [3.63, 3.8) is 0 Å². The fraction of sp³-hybridized carbons (Fsp3) is 0.148. The van der Waals surface area contributed by atoms with Gasteiger partial charge in [-0.2, -0.15) is 0 Å². The summed E-state index contributed by atoms with van der Waals surface area (Å²) in [5.74, 6) is -1.65. The molecule has 1 atom stereocenters. The highest BCUT2D eigenvalue weighted by Gasteiger charge is 2.49. The zero-order valence-corrected chi connectivity index (χ0v) is 20.2. The van der Waals surface area contributed by atoms with Crippen LogP contribution in [0.15, 0.2) is 72.3 Å². The first-order valence-corrected chi connectivity index (χ1v) is 12.0. The van der Waals surface area contributed by atoms with E-state index in [0.29, 0.717) is 29.2 Å². The van der Waals surface area contributed by atoms with E-state index in [-0.39, 0.29) is 16.3 Å². The molecule has 0 radical (unpaired) electrons. The second-order valence-electron chi connectivity index (χ2n) is 7.98. The number of Topliss-reactive ketones (excluding diaryl/α,β-unsaturated/α-hetero) is 1. The molecule has 1 N–H and O–H groups in total. The predicted molar refractivity (Wildman–Crippen MR) is 135 cm³/mol. The van der Waals surface area contributed by atoms with Crippen molar-refractivity contribution in [2.45, 2.75) is 13.0 Å². The number of aromatic nitrogens is 1. The minimum Gasteiger partial charge on any atom is -0.507 e. The van der Waals surface area contributed by atoms with Crippen molar-refractivity contribution in [3.8, 4) is 11.5 Å². The van der Waals surface area contributed by atoms with Gasteiger partial charge in [0.1, 0.15) is 29.1 Å². The standard InChI is InChI=1S/C27H21FN2O5S/c1-3-35-17-12-13-20-21(14-17)36-27(29-20)30-23(18-6-4-5-7-19(18)28)22(25(32)26(30)33)24(31)15-8-10-16(34-2)11-9-15/h4-14,23,31H,3H2,1-2H3/b24-22+/t23-/m0/s1. The zero-order chi connectivity index (χ0) is 25.4. The number of ketones is 1. The average Bonchev–Trinajstić information content (AvgIpc) is 3.42. The van der Waals surface area contributed by atoms with E-state index in [2.05, 4.69) is 4.98 Å². The van der Waals surface area contributed by atoms with E-state index in [9.17, 15) is 14.7 Å². The van der Waals surface area contributed by atoms with E-state index in [4.69, 9.17) is 9.47 Å². The van der Waals surface area contributed by atoms with Crippen LogP contribution in [-0.2, 0) is 9.59 Å². The molecule has 2 heterocycles. The maximum absolute atomic E-state index is 15.1. The summed E-state index contributed by atoms with van der Waals surface area (Å²) in [4.78, 5) is 32.3. The van der Waals surface area contributed by atoms with Crippen molar-refractivity contribution in [1.82, 2.24) is 4.98 Å². The van der Waals surface area contributed by atoms with E-state index in [1.54, 1.807) is 48.5 Å². The normalized spacial score (nSPS) is 17.1. The number of amides is 1. The van der Waals surface area contributed by atoms with Crippen LogP contribution >= 0.6 is 11.3 Å². The smallest absolute Gasteiger partial charge is 0.301 e. The van der Waals surface area contributed by atoms with Gasteiger partial charge >= 0.3 is 5.91 Å². The number of halogens is 1. The SMILES string of the molecule is CCOc1ccc2nc(N3C(=O)C(=O)/C(=C(/O)c4ccc(OC)cc4)[C@@H]3c3ccccc3F)sc2c1. The highest BCUT2D eigenvalue weighted by molar-refractivity contribution is 7.22. The number of aliphatic hydroxyl groups excluding tert-OH is 1. The number of fused-ring (bicyclic) bond motifs is 1. The molecule has 5 rings (SSSR count). The highest BCUT2D eigenvalue weighted by atomic mass is 32.1. The van der Waals surface area contributed by atoms with Crippen LogP contribution in [0.3, 0.4) is 0 Å². The van der Waals surface area contributed by atoms with Crippen molar-refractivity contribution in [2.24, 2.45) is 0 Å². The molecule has 36 heavy (non-hydrogen) atoms. The summed E-state index contributed by atoms with van der Waals surface area (Å²) >= 11 is 1.18. The molecular formula is C27H21FN2O5S. The third kappa shape index (κ3) is 3.97. The van der Waals surface area contributed by atoms with Gasteiger partial charge in [0.15, 0.2) is 5.13 Å². The summed E-state index contributed by atoms with van der Waals surface area (Å²) in [5.41, 5.74) is 0.745. The Kier molecular flexibility index (Phi) is 6.15. The molecule has 1 saturated heterocycles. The Balaban J connectivity index is 1.69. The molecule has 1 aromatic heterocycles. The number of thiazole rings is 1. The fourth-order valence-corrected chi connectivity index (χ4v) is 5.20. The Morgan fingerprint density at radius 2 is 1.81 bits per heavy atom. The lowest BCUT2D eigenvalue weighted by atomic mass is 9.95. The summed E-state index contributed by atoms with van der Waals surface area (Å²) in [6, 6.07) is 16.3. The number of anilines is 1. The van der Waals surface area contributed by atoms with Crippen LogP contribution in [0.2, 0.25) is 0 Å². The van der Waals surface area contributed by atoms with Gasteiger partial charge in [0.25, 0.3) is 5.78 Å². The number of ether oxygens (including phenoxy) is 2. The number of methoxy groups -OCH3 is 1. The van der Waals surface area contributed by atoms with Gasteiger partial charge in [-0.15, -0.1) is 0 Å². The topological polar surface area (TPSA) is 89.0 Å². The van der Waals surface area contributed by atoms with E-state index in [1.165, 1.54) is 36.6 Å². The molecular weight excluding hydrogens is 483 g/mol. The first-order chi connectivity index (χ1) is 17.4. The summed E-state index contributed by atoms with van der Waals surface area (Å²) in [6.45, 7) is 2.36. The summed E-state index contributed by atoms with van der Waals surface area (Å²) in [7, 11) is 1.51. The van der Waals surface area contributed by atoms with Gasteiger partial charge in [-0.3, -0.25) is 14.5 Å². The molecule has 4 aromatic rings. The average molecular weight is 505 g/mol. The lowest BCUT2D eigenvalue weighted by molar-refractivity contribution is -0.132. The Labute approximate surface area is 210 Å². The van der Waals surface area contributed by atoms with Gasteiger partial charge in [-0.1, -0.05) is 29.5 Å². The van der Waals surface area contributed by atoms with Crippen molar-refractivity contribution >= 4 is 44.1 Å². The molecule has 0 bridgehead atoms. The Hall–Kier alpha value is -4.24. The number of rotatable bonds is 6. The van der Waals surface area contributed by atoms with Crippen molar-refractivity contribution in [3.05, 3.63) is 89.2 Å². The molecule has 3 aromatic carbocycles. The maximum atomic E-state index is 15.1. The van der Waals surface area contributed by atoms with E-state index in [0.717, 1.165) is 9.60 Å². The minimum atomic E-state index is -1.21. The summed E-state index contributed by atoms with van der Waals surface area (Å²) < 4.78 is 26.5. The van der Waals surface area contributed by atoms with Gasteiger partial charge in [-0.25, -0.2) is 9.37 Å². The number of hydrogen-bond acceptors (Lipinski definition) is 7. The molecule has 0 spiro atoms. The Bertz CT molecular complexity index is 1510. The number of carbonyl (C=O) groups is 2. The van der Waals surface area contributed by atoms with Crippen molar-refractivity contribution < 1.29 is 28.6 Å². The lowest BCUT2D eigenvalue weighted by Gasteiger charge is -2.23. The second-order valence-corrected chi connectivity index (χ2v) is 8.99. The molecule has 1 amide bonds. The van der Waals surface area contributed by atoms with Crippen molar-refractivity contribution in [2.75, 3.05) is 18.6 Å². The van der Waals surface area contributed by atoms with Crippen LogP contribution in [0.25, 0.3) is 16.0 Å². The van der Waals surface area contributed by atoms with Gasteiger partial charge < -0.3 is 14.6 Å². The molecule has 9 heteroatoms. The zero-order valence-electron chi connectivity index (χ0n) is 19.4. The van der Waals surface area contributed by atoms with Gasteiger partial charge in [0.2, 0.25) is 0 Å². The van der Waals surface area contributed by atoms with Crippen LogP contribution in [0.4, 0.5) is 9.52 Å². The second kappa shape index (κ2) is 9.43. The van der Waals surface area contributed by atoms with Crippen LogP contribution in [0, 0.1) is 5.82 Å². The van der Waals surface area contributed by atoms with Crippen LogP contribution < -0.4 is 14.4 Å². The Morgan fingerprint density at radius 1 is 1.08 bits per heavy atom. The summed E-state index contributed by atoms with van der Waals surface area (Å²) in [6.07, 6.45) is 0. The molecule has 0 unspecified atom stereocenters. The molecule has 1 aliphatic rings. The molecule has 0 aliphatic carbocycles. The fourth-order valence-electron chi connectivity index (χ4n) is 4.18. The van der Waals surface area contributed by atoms with E-state index in [1.807, 2.05) is 6.92 Å². The number of carbonyl (C=O) groups excluding carboxylic acids is 2. The van der Waals surface area contributed by atoms with Crippen molar-refractivity contribution in [1.29, 1.82) is 0 Å². The van der Waals surface area contributed by atoms with Gasteiger partial charge in [0.05, 0.1) is 29.5 Å². The number of nitrogens with zero attached hydrogens (tertiary/aromatic N) is 2. The van der Waals surface area contributed by atoms with Gasteiger partial charge in [0, 0.05) is 11.1 Å².